The van der Waals surface area contributed by atoms with Crippen LogP contribution in [0.15, 0.2) is 30.9 Å². The Morgan fingerprint density at radius 3 is 2.48 bits per heavy atom. The van der Waals surface area contributed by atoms with Crippen LogP contribution in [0.1, 0.15) is 90.0 Å². The minimum Gasteiger partial charge on any atom is -0.496 e. The maximum atomic E-state index is 15.0. The molecule has 4 fully saturated rings. The van der Waals surface area contributed by atoms with Crippen LogP contribution in [0.4, 0.5) is 10.6 Å². The predicted molar refractivity (Wildman–Crippen MR) is 218 cm³/mol. The van der Waals surface area contributed by atoms with Crippen LogP contribution in [-0.4, -0.2) is 105 Å². The normalized spacial score (nSPS) is 28.0. The number of methoxy groups -OCH3 is 1. The number of benzene rings is 1. The number of nitrogens with one attached hydrogen (secondary N) is 3. The largest absolute Gasteiger partial charge is 0.496 e. The summed E-state index contributed by atoms with van der Waals surface area (Å²) < 4.78 is 46.3. The maximum Gasteiger partial charge on any atom is 0.407 e. The quantitative estimate of drug-likeness (QED) is 0.305. The number of nitrogens with zero attached hydrogens (tertiary/aromatic N) is 3. The molecule has 16 heteroatoms. The van der Waals surface area contributed by atoms with E-state index in [-0.39, 0.29) is 37.3 Å². The Hall–Kier alpha value is -4.60. The number of cyclic esters (lactones) is 1. The summed E-state index contributed by atoms with van der Waals surface area (Å²) in [6.07, 6.45) is 7.77. The Kier molecular flexibility index (Phi) is 11.6. The molecule has 1 aromatic carbocycles. The number of pyridine rings is 1. The number of amides is 4. The van der Waals surface area contributed by atoms with Crippen LogP contribution >= 0.6 is 0 Å². The Morgan fingerprint density at radius 1 is 1.09 bits per heavy atom. The first-order valence-corrected chi connectivity index (χ1v) is 22.2. The molecular formula is C42H58N6O9S. The molecule has 0 radical (unpaired) electrons. The van der Waals surface area contributed by atoms with E-state index in [0.29, 0.717) is 54.9 Å². The van der Waals surface area contributed by atoms with Gasteiger partial charge in [0.1, 0.15) is 41.0 Å². The highest BCUT2D eigenvalue weighted by molar-refractivity contribution is 7.91. The Labute approximate surface area is 341 Å². The summed E-state index contributed by atoms with van der Waals surface area (Å²) in [6.45, 7) is 8.04. The molecule has 7 rings (SSSR count). The van der Waals surface area contributed by atoms with Gasteiger partial charge < -0.3 is 34.6 Å². The van der Waals surface area contributed by atoms with Crippen LogP contribution < -0.4 is 29.7 Å². The monoisotopic (exact) mass is 822 g/mol. The minimum absolute atomic E-state index is 0.00810. The fraction of sp³-hybridized carbons (Fsp3) is 0.643. The van der Waals surface area contributed by atoms with E-state index >= 15 is 0 Å². The second-order valence-corrected chi connectivity index (χ2v) is 19.8. The predicted octanol–water partition coefficient (Wildman–Crippen LogP) is 4.36. The number of rotatable bonds is 9. The van der Waals surface area contributed by atoms with Crippen molar-refractivity contribution < 1.29 is 41.8 Å². The third kappa shape index (κ3) is 8.71. The van der Waals surface area contributed by atoms with E-state index in [9.17, 15) is 27.6 Å². The van der Waals surface area contributed by atoms with Crippen molar-refractivity contribution in [3.63, 3.8) is 0 Å². The molecule has 2 aliphatic heterocycles. The van der Waals surface area contributed by atoms with Gasteiger partial charge in [-0.2, -0.15) is 0 Å². The van der Waals surface area contributed by atoms with Crippen LogP contribution in [0.25, 0.3) is 10.9 Å². The number of aryl methyl sites for hydroxylation is 1. The zero-order valence-corrected chi connectivity index (χ0v) is 35.1. The fourth-order valence-corrected chi connectivity index (χ4v) is 10.2. The standard InChI is InChI=1S/C42H58N6O9S/c1-7-27-22-42(27,39(51)46-58(53,54)29-15-16-29)45-37(49)32-19-28-23-48(32)38(50)36(25-12-9-8-10-13-25)44-40(52)56-24-41(2,3)17-11-14-26-18-30-31(20-33(26)55-6)43-35(47(4)5)21-34(30)57-28/h7,18,20-21,25,27-29,32,36H,1,8-17,19,22-24H2,2-6H3,(H,44,52)(H,45,49)(H,46,51)/t27-,28-,32+,36+,42-/m1/s1. The maximum absolute atomic E-state index is 15.0. The first kappa shape index (κ1) is 41.6. The number of sulfonamides is 1. The van der Waals surface area contributed by atoms with Gasteiger partial charge in [0.05, 0.1) is 31.0 Å². The zero-order valence-electron chi connectivity index (χ0n) is 34.3. The highest BCUT2D eigenvalue weighted by Gasteiger charge is 2.62. The number of anilines is 1. The van der Waals surface area contributed by atoms with Gasteiger partial charge in [0, 0.05) is 44.0 Å². The highest BCUT2D eigenvalue weighted by atomic mass is 32.2. The molecule has 3 N–H and O–H groups in total. The average Bonchev–Trinajstić information content (AvgIpc) is 4.12. The van der Waals surface area contributed by atoms with E-state index in [1.165, 1.54) is 11.0 Å². The van der Waals surface area contributed by atoms with Crippen molar-refractivity contribution in [1.82, 2.24) is 25.2 Å². The average molecular weight is 823 g/mol. The van der Waals surface area contributed by atoms with Crippen LogP contribution in [0.5, 0.6) is 11.5 Å². The number of carbonyl (C=O) groups is 4. The number of hydrogen-bond acceptors (Lipinski definition) is 11. The second-order valence-electron chi connectivity index (χ2n) is 17.8. The van der Waals surface area contributed by atoms with Gasteiger partial charge in [0.25, 0.3) is 5.91 Å². The van der Waals surface area contributed by atoms with Gasteiger partial charge >= 0.3 is 6.09 Å². The number of ether oxygens (including phenoxy) is 3. The Bertz CT molecular complexity index is 2060. The number of hydrogen-bond donors (Lipinski definition) is 3. The van der Waals surface area contributed by atoms with Crippen LogP contribution in [0, 0.1) is 17.3 Å². The second kappa shape index (κ2) is 16.2. The first-order chi connectivity index (χ1) is 27.5. The SMILES string of the molecule is C=C[C@@H]1C[C@]1(NC(=O)[C@@H]1C[C@@H]2CN1C(=O)[C@H](C1CCCCC1)NC(=O)OCC(C)(C)CCCc1cc3c(cc(N(C)C)nc3cc1OC)O2)C(=O)NS(=O)(=O)C1CC1. The van der Waals surface area contributed by atoms with E-state index in [1.807, 2.05) is 51.0 Å². The summed E-state index contributed by atoms with van der Waals surface area (Å²) >= 11 is 0. The molecule has 15 nitrogen and oxygen atoms in total. The molecule has 3 aliphatic carbocycles. The van der Waals surface area contributed by atoms with Gasteiger partial charge in [-0.25, -0.2) is 18.2 Å². The fourth-order valence-electron chi connectivity index (χ4n) is 8.83. The number of carbonyl (C=O) groups excluding carboxylic acids is 4. The first-order valence-electron chi connectivity index (χ1n) is 20.6. The molecule has 3 heterocycles. The van der Waals surface area contributed by atoms with Crippen LogP contribution in [0.3, 0.4) is 0 Å². The van der Waals surface area contributed by atoms with Gasteiger partial charge in [-0.1, -0.05) is 39.2 Å². The number of fused-ring (bicyclic) bond motifs is 3. The lowest BCUT2D eigenvalue weighted by molar-refractivity contribution is -0.142. The molecule has 3 saturated carbocycles. The summed E-state index contributed by atoms with van der Waals surface area (Å²) in [5, 5.41) is 5.90. The van der Waals surface area contributed by atoms with Gasteiger partial charge in [-0.05, 0) is 74.3 Å². The summed E-state index contributed by atoms with van der Waals surface area (Å²) in [5.41, 5.74) is -0.302. The number of alkyl carbamates (subject to hydrolysis) is 1. The van der Waals surface area contributed by atoms with Gasteiger partial charge in [0.15, 0.2) is 0 Å². The van der Waals surface area contributed by atoms with Crippen molar-refractivity contribution in [2.45, 2.75) is 120 Å². The van der Waals surface area contributed by atoms with Gasteiger partial charge in [0.2, 0.25) is 21.8 Å². The van der Waals surface area contributed by atoms with Crippen molar-refractivity contribution in [3.05, 3.63) is 36.4 Å². The smallest absolute Gasteiger partial charge is 0.407 e. The molecular weight excluding hydrogens is 765 g/mol. The molecule has 1 aromatic heterocycles. The topological polar surface area (TPSA) is 186 Å². The molecule has 316 valence electrons. The van der Waals surface area contributed by atoms with Crippen molar-refractivity contribution in [3.8, 4) is 11.5 Å². The lowest BCUT2D eigenvalue weighted by atomic mass is 9.83. The van der Waals surface area contributed by atoms with Gasteiger partial charge in [-0.3, -0.25) is 19.1 Å². The van der Waals surface area contributed by atoms with Crippen molar-refractivity contribution in [2.24, 2.45) is 17.3 Å². The van der Waals surface area contributed by atoms with Gasteiger partial charge in [-0.15, -0.1) is 6.58 Å². The molecule has 5 aliphatic rings. The lowest BCUT2D eigenvalue weighted by Gasteiger charge is -2.35. The highest BCUT2D eigenvalue weighted by Crippen LogP contribution is 2.46. The number of aromatic nitrogens is 1. The van der Waals surface area contributed by atoms with Crippen molar-refractivity contribution in [1.29, 1.82) is 0 Å². The van der Waals surface area contributed by atoms with E-state index in [1.54, 1.807) is 7.11 Å². The molecule has 1 saturated heterocycles. The minimum atomic E-state index is -3.90. The molecule has 2 aromatic rings. The Morgan fingerprint density at radius 2 is 1.83 bits per heavy atom. The van der Waals surface area contributed by atoms with E-state index in [2.05, 4.69) is 21.9 Å². The molecule has 58 heavy (non-hydrogen) atoms. The summed E-state index contributed by atoms with van der Waals surface area (Å²) in [4.78, 5) is 64.9. The third-order valence-corrected chi connectivity index (χ3v) is 14.4. The molecule has 5 atom stereocenters. The van der Waals surface area contributed by atoms with E-state index < -0.39 is 68.7 Å². The summed E-state index contributed by atoms with van der Waals surface area (Å²) in [7, 11) is 1.48. The summed E-state index contributed by atoms with van der Waals surface area (Å²) in [6, 6.07) is 3.69. The van der Waals surface area contributed by atoms with E-state index in [0.717, 1.165) is 43.1 Å². The molecule has 4 amide bonds. The van der Waals surface area contributed by atoms with Crippen LogP contribution in [0.2, 0.25) is 0 Å². The molecule has 0 unspecified atom stereocenters. The Balaban J connectivity index is 1.27. The third-order valence-electron chi connectivity index (χ3n) is 12.6. The summed E-state index contributed by atoms with van der Waals surface area (Å²) in [5.74, 6) is -0.735. The van der Waals surface area contributed by atoms with Crippen molar-refractivity contribution >= 4 is 50.6 Å². The van der Waals surface area contributed by atoms with Crippen LogP contribution in [-0.2, 0) is 35.6 Å². The van der Waals surface area contributed by atoms with E-state index in [4.69, 9.17) is 19.2 Å². The lowest BCUT2D eigenvalue weighted by Crippen LogP contribution is -2.59. The molecule has 4 bridgehead atoms. The zero-order chi connectivity index (χ0) is 41.6. The van der Waals surface area contributed by atoms with Crippen molar-refractivity contribution in [2.75, 3.05) is 39.3 Å². The molecule has 0 spiro atoms.